The fourth-order valence-corrected chi connectivity index (χ4v) is 8.99. The number of aryl methyl sites for hydroxylation is 1. The summed E-state index contributed by atoms with van der Waals surface area (Å²) in [6.07, 6.45) is 1.11. The third kappa shape index (κ3) is 12.3. The maximum atomic E-state index is 12.4. The number of hydrogen-bond donors (Lipinski definition) is 8. The van der Waals surface area contributed by atoms with Gasteiger partial charge in [0.15, 0.2) is 11.5 Å². The lowest BCUT2D eigenvalue weighted by Gasteiger charge is -2.31. The lowest BCUT2D eigenvalue weighted by atomic mass is 10.1. The topological polar surface area (TPSA) is 245 Å². The average molecular weight is 793 g/mol. The van der Waals surface area contributed by atoms with Crippen LogP contribution < -0.4 is 31.5 Å². The summed E-state index contributed by atoms with van der Waals surface area (Å²) in [5.41, 5.74) is 6.91. The molecule has 4 rings (SSSR count). The van der Waals surface area contributed by atoms with E-state index in [0.717, 1.165) is 5.56 Å². The third-order valence-electron chi connectivity index (χ3n) is 6.97. The molecule has 1 aliphatic heterocycles. The number of fused-ring (bicyclic) bond motifs is 1. The lowest BCUT2D eigenvalue weighted by molar-refractivity contribution is 0.319. The summed E-state index contributed by atoms with van der Waals surface area (Å²) >= 11 is 2.67. The van der Waals surface area contributed by atoms with Crippen LogP contribution in [0.25, 0.3) is 10.8 Å². The molecule has 0 aliphatic carbocycles. The molecule has 0 radical (unpaired) electrons. The van der Waals surface area contributed by atoms with Gasteiger partial charge in [-0.25, -0.2) is 4.99 Å². The summed E-state index contributed by atoms with van der Waals surface area (Å²) in [5, 5.41) is 10.7. The highest BCUT2D eigenvalue weighted by molar-refractivity contribution is 8.00. The van der Waals surface area contributed by atoms with Gasteiger partial charge in [-0.1, -0.05) is 37.3 Å². The molecule has 0 fully saturated rings. The minimum absolute atomic E-state index is 0.136. The molecule has 2 unspecified atom stereocenters. The fourth-order valence-electron chi connectivity index (χ4n) is 4.74. The first kappa shape index (κ1) is 39.8. The number of aliphatic imine (C=N–C) groups is 1. The Kier molecular flexibility index (Phi) is 13.9. The second-order valence-corrected chi connectivity index (χ2v) is 18.0. The molecule has 0 saturated carbocycles. The van der Waals surface area contributed by atoms with Gasteiger partial charge in [0.25, 0.3) is 30.4 Å². The van der Waals surface area contributed by atoms with Crippen LogP contribution in [0.1, 0.15) is 31.7 Å². The molecule has 2 atom stereocenters. The minimum atomic E-state index is -4.60. The first-order chi connectivity index (χ1) is 23.5. The molecule has 0 aromatic heterocycles. The molecule has 21 heteroatoms. The number of anilines is 3. The van der Waals surface area contributed by atoms with Gasteiger partial charge in [-0.3, -0.25) is 24.4 Å². The van der Waals surface area contributed by atoms with Gasteiger partial charge in [-0.2, -0.15) is 25.3 Å². The van der Waals surface area contributed by atoms with Crippen molar-refractivity contribution in [3.63, 3.8) is 0 Å². The zero-order chi connectivity index (χ0) is 36.5. The van der Waals surface area contributed by atoms with Crippen molar-refractivity contribution in [2.75, 3.05) is 45.8 Å². The van der Waals surface area contributed by atoms with Gasteiger partial charge in [-0.05, 0) is 60.8 Å². The molecule has 1 heterocycles. The van der Waals surface area contributed by atoms with Crippen LogP contribution in [0, 0.1) is 6.92 Å². The molecule has 0 saturated heterocycles. The molecular formula is C29H40N6O10S5. The van der Waals surface area contributed by atoms with Gasteiger partial charge in [0.2, 0.25) is 0 Å². The number of ether oxygens (including phenoxy) is 1. The number of rotatable bonds is 18. The van der Waals surface area contributed by atoms with E-state index in [1.54, 1.807) is 48.5 Å². The Labute approximate surface area is 300 Å². The largest absolute Gasteiger partial charge is 0.491 e. The Morgan fingerprint density at radius 3 is 2.18 bits per heavy atom. The summed E-state index contributed by atoms with van der Waals surface area (Å²) in [5.74, 6) is 0.751. The standard InChI is InChI=1S/C29H40N6O10S5/c1-3-12-45-25-18-23(35-34-22-11-10-20-8-4-5-9-21(20)26(22)50(42,43)44)19(2)17-24(25)30-27-31-28(46-13-6-15-48(36,37)38)33-29(32-27)47-14-7-16-49(39,40)41/h4-5,8-11,17-18,28-29,33-35H,3,6-7,12-16H2,1-2H3,(H2,30,31,32)(H,36,37,38)(H,39,40,41)(H,42,43,44). The van der Waals surface area contributed by atoms with Crippen LogP contribution in [0.15, 0.2) is 58.4 Å². The Morgan fingerprint density at radius 2 is 1.52 bits per heavy atom. The van der Waals surface area contributed by atoms with Crippen molar-refractivity contribution in [3.8, 4) is 5.75 Å². The molecule has 0 amide bonds. The third-order valence-corrected chi connectivity index (χ3v) is 11.7. The lowest BCUT2D eigenvalue weighted by Crippen LogP contribution is -2.53. The van der Waals surface area contributed by atoms with E-state index >= 15 is 0 Å². The first-order valence-corrected chi connectivity index (χ1v) is 22.1. The number of hydrazine groups is 1. The average Bonchev–Trinajstić information content (AvgIpc) is 3.02. The summed E-state index contributed by atoms with van der Waals surface area (Å²) in [7, 11) is -12.8. The summed E-state index contributed by atoms with van der Waals surface area (Å²) in [6, 6.07) is 13.6. The number of hydrogen-bond acceptors (Lipinski definition) is 15. The predicted molar refractivity (Wildman–Crippen MR) is 200 cm³/mol. The number of nitrogens with one attached hydrogen (secondary N) is 5. The van der Waals surface area contributed by atoms with Crippen molar-refractivity contribution < 1.29 is 43.6 Å². The smallest absolute Gasteiger partial charge is 0.297 e. The predicted octanol–water partition coefficient (Wildman–Crippen LogP) is 4.17. The van der Waals surface area contributed by atoms with E-state index in [1.165, 1.54) is 23.5 Å². The molecule has 50 heavy (non-hydrogen) atoms. The zero-order valence-corrected chi connectivity index (χ0v) is 31.2. The highest BCUT2D eigenvalue weighted by atomic mass is 32.2. The quantitative estimate of drug-likeness (QED) is 0.0512. The maximum Gasteiger partial charge on any atom is 0.297 e. The Balaban J connectivity index is 1.56. The molecule has 276 valence electrons. The van der Waals surface area contributed by atoms with Crippen LogP contribution in [0.5, 0.6) is 5.75 Å². The number of benzene rings is 3. The Hall–Kier alpha value is -3.02. The number of thioether (sulfide) groups is 2. The Morgan fingerprint density at radius 1 is 0.860 bits per heavy atom. The van der Waals surface area contributed by atoms with Crippen LogP contribution in [0.4, 0.5) is 17.1 Å². The van der Waals surface area contributed by atoms with E-state index < -0.39 is 47.1 Å². The zero-order valence-electron chi connectivity index (χ0n) is 27.1. The van der Waals surface area contributed by atoms with Crippen molar-refractivity contribution in [1.82, 2.24) is 10.6 Å². The van der Waals surface area contributed by atoms with Gasteiger partial charge in [0.05, 0.1) is 35.2 Å². The Bertz CT molecular complexity index is 2010. The first-order valence-electron chi connectivity index (χ1n) is 15.3. The van der Waals surface area contributed by atoms with Crippen molar-refractivity contribution in [2.45, 2.75) is 49.0 Å². The number of nitrogens with zero attached hydrogens (tertiary/aromatic N) is 1. The highest BCUT2D eigenvalue weighted by Crippen LogP contribution is 2.34. The molecule has 3 aromatic carbocycles. The van der Waals surface area contributed by atoms with Crippen LogP contribution in [0.2, 0.25) is 0 Å². The second kappa shape index (κ2) is 17.5. The second-order valence-electron chi connectivity index (χ2n) is 11.1. The van der Waals surface area contributed by atoms with Crippen LogP contribution in [-0.2, 0) is 30.4 Å². The van der Waals surface area contributed by atoms with Crippen molar-refractivity contribution in [1.29, 1.82) is 0 Å². The minimum Gasteiger partial charge on any atom is -0.491 e. The normalized spacial score (nSPS) is 16.8. The molecule has 0 spiro atoms. The van der Waals surface area contributed by atoms with Gasteiger partial charge in [0, 0.05) is 11.5 Å². The van der Waals surface area contributed by atoms with Crippen LogP contribution >= 0.6 is 23.5 Å². The van der Waals surface area contributed by atoms with E-state index in [1.807, 2.05) is 13.8 Å². The summed E-state index contributed by atoms with van der Waals surface area (Å²) in [6.45, 7) is 4.15. The van der Waals surface area contributed by atoms with Crippen molar-refractivity contribution in [3.05, 3.63) is 54.1 Å². The molecule has 16 nitrogen and oxygen atoms in total. The van der Waals surface area contributed by atoms with Crippen LogP contribution in [0.3, 0.4) is 0 Å². The van der Waals surface area contributed by atoms with E-state index in [2.05, 4.69) is 31.8 Å². The van der Waals surface area contributed by atoms with Crippen molar-refractivity contribution >= 4 is 87.7 Å². The van der Waals surface area contributed by atoms with Gasteiger partial charge >= 0.3 is 0 Å². The van der Waals surface area contributed by atoms with Gasteiger partial charge < -0.3 is 20.8 Å². The van der Waals surface area contributed by atoms with Gasteiger partial charge in [0.1, 0.15) is 16.1 Å². The van der Waals surface area contributed by atoms with Crippen LogP contribution in [-0.4, -0.2) is 85.5 Å². The summed E-state index contributed by atoms with van der Waals surface area (Å²) in [4.78, 5) is 4.39. The SMILES string of the molecule is CCCOc1cc(NNc2ccc3ccccc3c2S(=O)(=O)O)c(C)cc1NC1=NC(SCCCS(=O)(=O)O)NC(SCCCS(=O)(=O)O)N1. The molecule has 0 bridgehead atoms. The van der Waals surface area contributed by atoms with E-state index in [9.17, 15) is 29.8 Å². The highest BCUT2D eigenvalue weighted by Gasteiger charge is 2.25. The number of guanidine groups is 1. The molecule has 3 aromatic rings. The van der Waals surface area contributed by atoms with E-state index in [-0.39, 0.29) is 29.2 Å². The fraction of sp³-hybridized carbons (Fsp3) is 0.414. The molecular weight excluding hydrogens is 753 g/mol. The monoisotopic (exact) mass is 792 g/mol. The maximum absolute atomic E-state index is 12.4. The van der Waals surface area contributed by atoms with E-state index in [0.29, 0.717) is 58.4 Å². The van der Waals surface area contributed by atoms with E-state index in [4.69, 9.17) is 13.8 Å². The van der Waals surface area contributed by atoms with Gasteiger partial charge in [-0.15, -0.1) is 23.5 Å². The molecule has 8 N–H and O–H groups in total. The molecule has 1 aliphatic rings. The summed E-state index contributed by atoms with van der Waals surface area (Å²) < 4.78 is 104. The van der Waals surface area contributed by atoms with Crippen molar-refractivity contribution in [2.24, 2.45) is 4.99 Å².